The van der Waals surface area contributed by atoms with Gasteiger partial charge >= 0.3 is 0 Å². The normalized spacial score (nSPS) is 24.5. The van der Waals surface area contributed by atoms with E-state index in [1.54, 1.807) is 0 Å². The predicted molar refractivity (Wildman–Crippen MR) is 93.3 cm³/mol. The number of morpholine rings is 1. The average Bonchev–Trinajstić information content (AvgIpc) is 2.46. The van der Waals surface area contributed by atoms with Crippen molar-refractivity contribution in [3.63, 3.8) is 0 Å². The van der Waals surface area contributed by atoms with Gasteiger partial charge in [-0.2, -0.15) is 0 Å². The molecular formula is C20H27NO. The molecule has 118 valence electrons. The smallest absolute Gasteiger partial charge is 0.0678 e. The van der Waals surface area contributed by atoms with Crippen molar-refractivity contribution >= 4 is 10.8 Å². The fourth-order valence-electron chi connectivity index (χ4n) is 3.78. The van der Waals surface area contributed by atoms with Gasteiger partial charge in [-0.3, -0.25) is 4.90 Å². The van der Waals surface area contributed by atoms with Crippen molar-refractivity contribution < 1.29 is 4.74 Å². The van der Waals surface area contributed by atoms with Crippen molar-refractivity contribution in [3.05, 3.63) is 48.0 Å². The van der Waals surface area contributed by atoms with Crippen LogP contribution in [0.4, 0.5) is 0 Å². The van der Waals surface area contributed by atoms with Crippen LogP contribution in [0, 0.1) is 5.92 Å². The lowest BCUT2D eigenvalue weighted by Crippen LogP contribution is -2.47. The van der Waals surface area contributed by atoms with Crippen LogP contribution in [-0.4, -0.2) is 36.7 Å². The Morgan fingerprint density at radius 1 is 1.05 bits per heavy atom. The van der Waals surface area contributed by atoms with Crippen LogP contribution < -0.4 is 0 Å². The van der Waals surface area contributed by atoms with Crippen molar-refractivity contribution in [1.29, 1.82) is 0 Å². The molecule has 0 N–H and O–H groups in total. The molecule has 3 unspecified atom stereocenters. The van der Waals surface area contributed by atoms with E-state index in [1.165, 1.54) is 16.3 Å². The van der Waals surface area contributed by atoms with Crippen LogP contribution in [-0.2, 0) is 11.2 Å². The highest BCUT2D eigenvalue weighted by atomic mass is 16.5. The predicted octanol–water partition coefficient (Wildman–Crippen LogP) is 4.13. The van der Waals surface area contributed by atoms with Gasteiger partial charge in [0.1, 0.15) is 0 Å². The van der Waals surface area contributed by atoms with Gasteiger partial charge in [0.15, 0.2) is 0 Å². The first-order valence-corrected chi connectivity index (χ1v) is 8.46. The minimum absolute atomic E-state index is 0.355. The first-order chi connectivity index (χ1) is 10.6. The summed E-state index contributed by atoms with van der Waals surface area (Å²) in [5.74, 6) is 0.656. The van der Waals surface area contributed by atoms with Gasteiger partial charge in [-0.25, -0.2) is 0 Å². The molecule has 1 fully saturated rings. The Balaban J connectivity index is 1.67. The summed E-state index contributed by atoms with van der Waals surface area (Å²) in [6.45, 7) is 10.00. The third kappa shape index (κ3) is 3.68. The summed E-state index contributed by atoms with van der Waals surface area (Å²) in [4.78, 5) is 2.56. The van der Waals surface area contributed by atoms with E-state index in [9.17, 15) is 0 Å². The summed E-state index contributed by atoms with van der Waals surface area (Å²) in [6.07, 6.45) is 1.85. The first-order valence-electron chi connectivity index (χ1n) is 8.46. The van der Waals surface area contributed by atoms with Crippen molar-refractivity contribution in [2.75, 3.05) is 19.6 Å². The van der Waals surface area contributed by atoms with E-state index in [4.69, 9.17) is 4.74 Å². The van der Waals surface area contributed by atoms with Gasteiger partial charge in [-0.05, 0) is 42.5 Å². The molecule has 1 aliphatic heterocycles. The number of hydrogen-bond acceptors (Lipinski definition) is 2. The van der Waals surface area contributed by atoms with E-state index in [-0.39, 0.29) is 0 Å². The highest BCUT2D eigenvalue weighted by Crippen LogP contribution is 2.22. The SMILES string of the molecule is CC(Cc1cccc2ccccc12)CN1CC(C)OC(C)C1. The molecule has 0 saturated carbocycles. The fourth-order valence-corrected chi connectivity index (χ4v) is 3.78. The van der Waals surface area contributed by atoms with Crippen molar-refractivity contribution in [2.45, 2.75) is 39.4 Å². The summed E-state index contributed by atoms with van der Waals surface area (Å²) in [7, 11) is 0. The maximum Gasteiger partial charge on any atom is 0.0678 e. The van der Waals surface area contributed by atoms with Gasteiger partial charge in [-0.1, -0.05) is 49.4 Å². The third-order valence-corrected chi connectivity index (χ3v) is 4.51. The molecule has 3 atom stereocenters. The summed E-state index contributed by atoms with van der Waals surface area (Å²) in [5, 5.41) is 2.75. The summed E-state index contributed by atoms with van der Waals surface area (Å²) < 4.78 is 5.83. The zero-order valence-corrected chi connectivity index (χ0v) is 14.0. The number of rotatable bonds is 4. The van der Waals surface area contributed by atoms with Gasteiger partial charge in [-0.15, -0.1) is 0 Å². The Morgan fingerprint density at radius 2 is 1.73 bits per heavy atom. The van der Waals surface area contributed by atoms with E-state index in [0.29, 0.717) is 18.1 Å². The lowest BCUT2D eigenvalue weighted by molar-refractivity contribution is -0.0708. The van der Waals surface area contributed by atoms with Gasteiger partial charge in [0.05, 0.1) is 12.2 Å². The molecule has 0 bridgehead atoms. The third-order valence-electron chi connectivity index (χ3n) is 4.51. The molecule has 0 radical (unpaired) electrons. The van der Waals surface area contributed by atoms with E-state index < -0.39 is 0 Å². The number of fused-ring (bicyclic) bond motifs is 1. The Labute approximate surface area is 134 Å². The van der Waals surface area contributed by atoms with Crippen LogP contribution in [0.15, 0.2) is 42.5 Å². The summed E-state index contributed by atoms with van der Waals surface area (Å²) in [6, 6.07) is 15.4. The van der Waals surface area contributed by atoms with Crippen LogP contribution >= 0.6 is 0 Å². The highest BCUT2D eigenvalue weighted by molar-refractivity contribution is 5.85. The topological polar surface area (TPSA) is 12.5 Å². The Morgan fingerprint density at radius 3 is 2.50 bits per heavy atom. The minimum Gasteiger partial charge on any atom is -0.373 e. The fraction of sp³-hybridized carbons (Fsp3) is 0.500. The Hall–Kier alpha value is -1.38. The standard InChI is InChI=1S/C20H27NO/c1-15(12-21-13-16(2)22-17(3)14-21)11-19-9-6-8-18-7-4-5-10-20(18)19/h4-10,15-17H,11-14H2,1-3H3. The lowest BCUT2D eigenvalue weighted by Gasteiger charge is -2.36. The number of benzene rings is 2. The van der Waals surface area contributed by atoms with Gasteiger partial charge in [0, 0.05) is 19.6 Å². The maximum atomic E-state index is 5.83. The van der Waals surface area contributed by atoms with Crippen LogP contribution in [0.25, 0.3) is 10.8 Å². The molecule has 3 rings (SSSR count). The van der Waals surface area contributed by atoms with E-state index in [0.717, 1.165) is 26.1 Å². The van der Waals surface area contributed by atoms with E-state index in [2.05, 4.69) is 68.1 Å². The molecule has 2 nitrogen and oxygen atoms in total. The molecule has 1 saturated heterocycles. The molecule has 22 heavy (non-hydrogen) atoms. The molecule has 2 aromatic rings. The zero-order chi connectivity index (χ0) is 15.5. The lowest BCUT2D eigenvalue weighted by atomic mass is 9.95. The second-order valence-corrected chi connectivity index (χ2v) is 6.92. The molecule has 2 heteroatoms. The molecule has 1 aliphatic rings. The molecule has 0 spiro atoms. The second-order valence-electron chi connectivity index (χ2n) is 6.92. The molecular weight excluding hydrogens is 270 g/mol. The highest BCUT2D eigenvalue weighted by Gasteiger charge is 2.23. The van der Waals surface area contributed by atoms with Gasteiger partial charge < -0.3 is 4.74 Å². The summed E-state index contributed by atoms with van der Waals surface area (Å²) >= 11 is 0. The van der Waals surface area contributed by atoms with Crippen molar-refractivity contribution in [2.24, 2.45) is 5.92 Å². The average molecular weight is 297 g/mol. The quantitative estimate of drug-likeness (QED) is 0.841. The van der Waals surface area contributed by atoms with Gasteiger partial charge in [0.2, 0.25) is 0 Å². The van der Waals surface area contributed by atoms with E-state index >= 15 is 0 Å². The molecule has 0 aromatic heterocycles. The van der Waals surface area contributed by atoms with Crippen LogP contribution in [0.5, 0.6) is 0 Å². The van der Waals surface area contributed by atoms with Crippen LogP contribution in [0.2, 0.25) is 0 Å². The monoisotopic (exact) mass is 297 g/mol. The Bertz CT molecular complexity index is 609. The second kappa shape index (κ2) is 6.80. The molecule has 1 heterocycles. The van der Waals surface area contributed by atoms with Crippen molar-refractivity contribution in [1.82, 2.24) is 4.90 Å². The molecule has 0 amide bonds. The van der Waals surface area contributed by atoms with Crippen molar-refractivity contribution in [3.8, 4) is 0 Å². The molecule has 2 aromatic carbocycles. The number of hydrogen-bond donors (Lipinski definition) is 0. The first kappa shape index (κ1) is 15.5. The maximum absolute atomic E-state index is 5.83. The minimum atomic E-state index is 0.355. The number of ether oxygens (including phenoxy) is 1. The zero-order valence-electron chi connectivity index (χ0n) is 14.0. The molecule has 0 aliphatic carbocycles. The van der Waals surface area contributed by atoms with Gasteiger partial charge in [0.25, 0.3) is 0 Å². The summed E-state index contributed by atoms with van der Waals surface area (Å²) in [5.41, 5.74) is 1.47. The van der Waals surface area contributed by atoms with E-state index in [1.807, 2.05) is 0 Å². The van der Waals surface area contributed by atoms with Crippen LogP contribution in [0.1, 0.15) is 26.3 Å². The van der Waals surface area contributed by atoms with Crippen LogP contribution in [0.3, 0.4) is 0 Å². The number of nitrogens with zero attached hydrogens (tertiary/aromatic N) is 1. The Kier molecular flexibility index (Phi) is 4.80. The largest absolute Gasteiger partial charge is 0.373 e.